The van der Waals surface area contributed by atoms with E-state index in [0.717, 1.165) is 24.3 Å². The third-order valence-electron chi connectivity index (χ3n) is 2.50. The van der Waals surface area contributed by atoms with Gasteiger partial charge in [-0.1, -0.05) is 11.6 Å². The van der Waals surface area contributed by atoms with Crippen molar-refractivity contribution in [2.75, 3.05) is 0 Å². The van der Waals surface area contributed by atoms with Gasteiger partial charge in [-0.15, -0.1) is 0 Å². The molecule has 0 aliphatic carbocycles. The maximum atomic E-state index is 12.5. The molecule has 0 fully saturated rings. The molecular weight excluding hydrogens is 329 g/mol. The molecule has 2 rings (SSSR count). The zero-order chi connectivity index (χ0) is 16.5. The summed E-state index contributed by atoms with van der Waals surface area (Å²) in [5.41, 5.74) is -1.59. The number of hydrogen-bond acceptors (Lipinski definition) is 5. The quantitative estimate of drug-likeness (QED) is 0.673. The van der Waals surface area contributed by atoms with Gasteiger partial charge in [-0.25, -0.2) is 0 Å². The first-order valence-corrected chi connectivity index (χ1v) is 5.95. The van der Waals surface area contributed by atoms with Gasteiger partial charge in [-0.05, 0) is 18.2 Å². The van der Waals surface area contributed by atoms with E-state index in [1.807, 2.05) is 0 Å². The third kappa shape index (κ3) is 3.37. The van der Waals surface area contributed by atoms with Gasteiger partial charge in [0.1, 0.15) is 5.75 Å². The molecule has 1 aromatic heterocycles. The SMILES string of the molecule is O=[N+]([O-])c1ccc(Oc2ccc(C(F)(F)F)cc2Cl)nc1O. The zero-order valence-electron chi connectivity index (χ0n) is 10.5. The maximum Gasteiger partial charge on any atom is 0.416 e. The van der Waals surface area contributed by atoms with Gasteiger partial charge < -0.3 is 9.84 Å². The van der Waals surface area contributed by atoms with Crippen molar-refractivity contribution in [2.24, 2.45) is 0 Å². The second-order valence-corrected chi connectivity index (χ2v) is 4.40. The van der Waals surface area contributed by atoms with Crippen LogP contribution in [0.5, 0.6) is 17.5 Å². The number of benzene rings is 1. The van der Waals surface area contributed by atoms with Crippen LogP contribution in [0.4, 0.5) is 18.9 Å². The Bertz CT molecular complexity index is 737. The standard InChI is InChI=1S/C12H6ClF3N2O4/c13-7-5-6(12(14,15)16)1-3-9(7)22-10-4-2-8(18(20)21)11(19)17-10/h1-5H,(H,17,19). The minimum atomic E-state index is -4.55. The Morgan fingerprint density at radius 1 is 1.27 bits per heavy atom. The van der Waals surface area contributed by atoms with Crippen LogP contribution in [0.25, 0.3) is 0 Å². The molecule has 22 heavy (non-hydrogen) atoms. The minimum Gasteiger partial charge on any atom is -0.488 e. The number of halogens is 4. The van der Waals surface area contributed by atoms with Crippen molar-refractivity contribution < 1.29 is 27.9 Å². The predicted molar refractivity (Wildman–Crippen MR) is 69.1 cm³/mol. The van der Waals surface area contributed by atoms with E-state index in [1.54, 1.807) is 0 Å². The number of ether oxygens (including phenoxy) is 1. The Morgan fingerprint density at radius 3 is 2.45 bits per heavy atom. The fourth-order valence-corrected chi connectivity index (χ4v) is 1.71. The van der Waals surface area contributed by atoms with E-state index in [-0.39, 0.29) is 16.7 Å². The van der Waals surface area contributed by atoms with Crippen LogP contribution in [0.2, 0.25) is 5.02 Å². The summed E-state index contributed by atoms with van der Waals surface area (Å²) in [6.07, 6.45) is -4.55. The first-order valence-electron chi connectivity index (χ1n) is 5.57. The van der Waals surface area contributed by atoms with Gasteiger partial charge >= 0.3 is 11.9 Å². The highest BCUT2D eigenvalue weighted by Gasteiger charge is 2.31. The lowest BCUT2D eigenvalue weighted by Gasteiger charge is -2.10. The van der Waals surface area contributed by atoms with Gasteiger partial charge in [0.2, 0.25) is 5.88 Å². The smallest absolute Gasteiger partial charge is 0.416 e. The summed E-state index contributed by atoms with van der Waals surface area (Å²) >= 11 is 5.68. The number of nitro groups is 1. The van der Waals surface area contributed by atoms with Crippen molar-refractivity contribution in [2.45, 2.75) is 6.18 Å². The molecule has 1 heterocycles. The summed E-state index contributed by atoms with van der Waals surface area (Å²) in [5, 5.41) is 19.5. The summed E-state index contributed by atoms with van der Waals surface area (Å²) < 4.78 is 42.6. The van der Waals surface area contributed by atoms with Crippen LogP contribution >= 0.6 is 11.6 Å². The lowest BCUT2D eigenvalue weighted by atomic mass is 10.2. The minimum absolute atomic E-state index is 0.143. The average Bonchev–Trinajstić information content (AvgIpc) is 2.39. The van der Waals surface area contributed by atoms with Crippen molar-refractivity contribution in [3.63, 3.8) is 0 Å². The summed E-state index contributed by atoms with van der Waals surface area (Å²) in [5.74, 6) is -1.29. The topological polar surface area (TPSA) is 85.5 Å². The second-order valence-electron chi connectivity index (χ2n) is 3.99. The van der Waals surface area contributed by atoms with Crippen molar-refractivity contribution in [1.82, 2.24) is 4.98 Å². The molecule has 0 saturated carbocycles. The van der Waals surface area contributed by atoms with Crippen LogP contribution in [0.3, 0.4) is 0 Å². The number of aromatic hydroxyl groups is 1. The van der Waals surface area contributed by atoms with Crippen LogP contribution in [0.1, 0.15) is 5.56 Å². The van der Waals surface area contributed by atoms with E-state index in [1.165, 1.54) is 0 Å². The van der Waals surface area contributed by atoms with Crippen molar-refractivity contribution in [3.05, 3.63) is 51.0 Å². The Balaban J connectivity index is 2.28. The number of alkyl halides is 3. The molecule has 0 amide bonds. The zero-order valence-corrected chi connectivity index (χ0v) is 11.2. The van der Waals surface area contributed by atoms with E-state index >= 15 is 0 Å². The lowest BCUT2D eigenvalue weighted by Crippen LogP contribution is -2.04. The second kappa shape index (κ2) is 5.68. The molecule has 6 nitrogen and oxygen atoms in total. The molecule has 0 radical (unpaired) electrons. The molecule has 116 valence electrons. The Labute approximate surface area is 125 Å². The average molecular weight is 335 g/mol. The van der Waals surface area contributed by atoms with Gasteiger partial charge in [-0.3, -0.25) is 10.1 Å². The molecule has 1 aromatic carbocycles. The monoisotopic (exact) mass is 334 g/mol. The number of rotatable bonds is 3. The highest BCUT2D eigenvalue weighted by atomic mass is 35.5. The molecule has 0 spiro atoms. The van der Waals surface area contributed by atoms with E-state index in [0.29, 0.717) is 6.07 Å². The molecule has 10 heteroatoms. The molecule has 0 bridgehead atoms. The van der Waals surface area contributed by atoms with E-state index in [4.69, 9.17) is 16.3 Å². The highest BCUT2D eigenvalue weighted by molar-refractivity contribution is 6.32. The van der Waals surface area contributed by atoms with Crippen LogP contribution in [-0.4, -0.2) is 15.0 Å². The Morgan fingerprint density at radius 2 is 1.95 bits per heavy atom. The largest absolute Gasteiger partial charge is 0.488 e. The van der Waals surface area contributed by atoms with Crippen molar-refractivity contribution >= 4 is 17.3 Å². The molecule has 0 aliphatic heterocycles. The first-order chi connectivity index (χ1) is 10.2. The van der Waals surface area contributed by atoms with Crippen LogP contribution in [0.15, 0.2) is 30.3 Å². The number of nitrogens with zero attached hydrogens (tertiary/aromatic N) is 2. The first kappa shape index (κ1) is 15.8. The molecule has 0 aliphatic rings. The summed E-state index contributed by atoms with van der Waals surface area (Å²) in [6.45, 7) is 0. The van der Waals surface area contributed by atoms with Crippen LogP contribution < -0.4 is 4.74 Å². The van der Waals surface area contributed by atoms with Gasteiger partial charge in [0.15, 0.2) is 0 Å². The van der Waals surface area contributed by atoms with E-state index in [2.05, 4.69) is 4.98 Å². The molecular formula is C12H6ClF3N2O4. The summed E-state index contributed by atoms with van der Waals surface area (Å²) in [6, 6.07) is 4.42. The third-order valence-corrected chi connectivity index (χ3v) is 2.79. The van der Waals surface area contributed by atoms with Crippen molar-refractivity contribution in [3.8, 4) is 17.5 Å². The normalized spacial score (nSPS) is 11.3. The highest BCUT2D eigenvalue weighted by Crippen LogP contribution is 2.36. The van der Waals surface area contributed by atoms with Gasteiger partial charge in [0.05, 0.1) is 15.5 Å². The molecule has 2 aromatic rings. The van der Waals surface area contributed by atoms with Crippen LogP contribution in [0, 0.1) is 10.1 Å². The lowest BCUT2D eigenvalue weighted by molar-refractivity contribution is -0.386. The number of pyridine rings is 1. The Hall–Kier alpha value is -2.55. The summed E-state index contributed by atoms with van der Waals surface area (Å²) in [4.78, 5) is 13.1. The molecule has 0 unspecified atom stereocenters. The maximum absolute atomic E-state index is 12.5. The van der Waals surface area contributed by atoms with E-state index < -0.39 is 28.2 Å². The molecule has 1 N–H and O–H groups in total. The fourth-order valence-electron chi connectivity index (χ4n) is 1.50. The Kier molecular flexibility index (Phi) is 4.09. The van der Waals surface area contributed by atoms with Gasteiger partial charge in [0.25, 0.3) is 5.88 Å². The van der Waals surface area contributed by atoms with Gasteiger partial charge in [-0.2, -0.15) is 18.2 Å². The van der Waals surface area contributed by atoms with Crippen LogP contribution in [-0.2, 0) is 6.18 Å². The molecule has 0 saturated heterocycles. The van der Waals surface area contributed by atoms with Crippen molar-refractivity contribution in [1.29, 1.82) is 0 Å². The molecule has 0 atom stereocenters. The number of hydrogen-bond donors (Lipinski definition) is 1. The predicted octanol–water partition coefficient (Wildman–Crippen LogP) is 4.16. The van der Waals surface area contributed by atoms with Gasteiger partial charge in [0, 0.05) is 12.1 Å². The summed E-state index contributed by atoms with van der Waals surface area (Å²) in [7, 11) is 0. The fraction of sp³-hybridized carbons (Fsp3) is 0.0833. The van der Waals surface area contributed by atoms with E-state index in [9.17, 15) is 28.4 Å². The number of aromatic nitrogens is 1.